The van der Waals surface area contributed by atoms with E-state index in [1.807, 2.05) is 0 Å². The van der Waals surface area contributed by atoms with E-state index in [0.717, 1.165) is 0 Å². The van der Waals surface area contributed by atoms with E-state index < -0.39 is 40.1 Å². The Balaban J connectivity index is 1.51. The van der Waals surface area contributed by atoms with Gasteiger partial charge in [-0.2, -0.15) is 0 Å². The summed E-state index contributed by atoms with van der Waals surface area (Å²) in [5.74, 6) is 0. The van der Waals surface area contributed by atoms with Crippen LogP contribution < -0.4 is 18.9 Å². The quantitative estimate of drug-likeness (QED) is 0.0535. The van der Waals surface area contributed by atoms with Gasteiger partial charge in [0.05, 0.1) is 42.4 Å². The van der Waals surface area contributed by atoms with Crippen molar-refractivity contribution in [3.05, 3.63) is 140 Å². The van der Waals surface area contributed by atoms with E-state index in [1.165, 1.54) is 72.8 Å². The summed E-state index contributed by atoms with van der Waals surface area (Å²) in [6, 6.07) is 24.6. The van der Waals surface area contributed by atoms with Crippen LogP contribution in [0.1, 0.15) is 50.5 Å². The number of hydrogen-bond donors (Lipinski definition) is 6. The summed E-state index contributed by atoms with van der Waals surface area (Å²) in [7, 11) is -16.1. The first-order valence-electron chi connectivity index (χ1n) is 24.0. The molecule has 16 nitrogen and oxygen atoms in total. The maximum atomic E-state index is 13.6. The second kappa shape index (κ2) is 21.9. The molecule has 8 bridgehead atoms. The minimum absolute atomic E-state index is 0.0577. The molecule has 0 aliphatic carbocycles. The van der Waals surface area contributed by atoms with Gasteiger partial charge in [-0.25, -0.2) is 52.6 Å². The molecule has 0 radical (unpaired) electrons. The third-order valence-electron chi connectivity index (χ3n) is 12.7. The summed E-state index contributed by atoms with van der Waals surface area (Å²) in [4.78, 5) is 17.5. The van der Waals surface area contributed by atoms with E-state index in [-0.39, 0.29) is 91.5 Å². The van der Waals surface area contributed by atoms with Crippen LogP contribution in [0.3, 0.4) is 0 Å². The van der Waals surface area contributed by atoms with E-state index >= 15 is 0 Å². The molecule has 6 N–H and O–H groups in total. The first-order valence-corrected chi connectivity index (χ1v) is 31.5. The summed E-state index contributed by atoms with van der Waals surface area (Å²) in [6.07, 6.45) is 1.06. The third kappa shape index (κ3) is 10.8. The monoisotopic (exact) mass is 1180 g/mol. The van der Waals surface area contributed by atoms with Crippen molar-refractivity contribution in [3.63, 3.8) is 0 Å². The molecule has 2 aliphatic rings. The third-order valence-corrected chi connectivity index (χ3v) is 20.2. The van der Waals surface area contributed by atoms with Crippen LogP contribution in [0, 0.1) is 0 Å². The summed E-state index contributed by atoms with van der Waals surface area (Å²) in [5, 5.41) is 0.803. The molecule has 0 saturated carbocycles. The van der Waals surface area contributed by atoms with Crippen molar-refractivity contribution in [2.45, 2.75) is 73.0 Å². The van der Waals surface area contributed by atoms with Gasteiger partial charge < -0.3 is 9.97 Å². The number of aromatic amines is 2. The number of hydrogen-bond acceptors (Lipinski definition) is 10. The largest absolute Gasteiger partial charge is 0.354 e. The SMILES string of the molecule is CCNS(=O)(=O)c1ccc(Cl)c(-c2c3nc(c(-c4cc(S(=O)(=O)NCC)ccc4Cl)c4ccc([nH]4)c(-c4cc(S(=O)(=O)NCC)ccc4Cl)c4nc(c(-c5cc(S(=O)(=O)NCC)ccc5Cl)c5ccc2[nH]5)CC4)CC3)c1. The highest BCUT2D eigenvalue weighted by Crippen LogP contribution is 2.44. The lowest BCUT2D eigenvalue weighted by Crippen LogP contribution is -2.23. The number of aryl methyl sites for hydroxylation is 4. The van der Waals surface area contributed by atoms with Crippen LogP contribution in [0.2, 0.25) is 20.1 Å². The molecule has 4 aromatic carbocycles. The Kier molecular flexibility index (Phi) is 16.0. The fourth-order valence-corrected chi connectivity index (χ4v) is 14.6. The minimum Gasteiger partial charge on any atom is -0.354 e. The molecular formula is C52H50Cl4N8O8S4. The van der Waals surface area contributed by atoms with Crippen molar-refractivity contribution < 1.29 is 33.7 Å². The maximum absolute atomic E-state index is 13.6. The highest BCUT2D eigenvalue weighted by Gasteiger charge is 2.28. The Morgan fingerprint density at radius 1 is 0.368 bits per heavy atom. The Morgan fingerprint density at radius 3 is 0.776 bits per heavy atom. The van der Waals surface area contributed by atoms with Crippen LogP contribution >= 0.6 is 46.4 Å². The standard InChI is InChI=1S/C52H50Cl4N8O8S4/c1-5-57-73(65,66)29-9-13-37(53)33(25-29)49-41-17-19-43(61-41)50(34-26-30(10-14-38(34)54)74(67,68)58-6-2)45-21-23-47(63-45)52(36-28-32(12-16-40(36)56)76(71,72)60-8-4)48-24-22-46(64-48)51(44-20-18-42(49)62-44)35-27-31(11-15-39(35)55)75(69,70)59-7-3/h9-17,19,22,24-28,57-61,64H,5-8,18,20-21,23H2,1-4H3. The van der Waals surface area contributed by atoms with Gasteiger partial charge in [-0.15, -0.1) is 0 Å². The molecule has 0 amide bonds. The van der Waals surface area contributed by atoms with Gasteiger partial charge in [0.2, 0.25) is 40.1 Å². The molecule has 9 rings (SSSR count). The molecule has 0 unspecified atom stereocenters. The van der Waals surface area contributed by atoms with Gasteiger partial charge in [0.1, 0.15) is 0 Å². The Labute approximate surface area is 461 Å². The average Bonchev–Trinajstić information content (AvgIpc) is 4.23. The number of sulfonamides is 4. The number of benzene rings is 4. The molecular weight excluding hydrogens is 1130 g/mol. The number of nitrogens with zero attached hydrogens (tertiary/aromatic N) is 2. The van der Waals surface area contributed by atoms with Crippen LogP contribution in [0.4, 0.5) is 0 Å². The molecule has 7 aromatic rings. The Bertz CT molecular complexity index is 3630. The lowest BCUT2D eigenvalue weighted by molar-refractivity contribution is 0.582. The lowest BCUT2D eigenvalue weighted by Gasteiger charge is -2.12. The zero-order valence-corrected chi connectivity index (χ0v) is 47.5. The predicted molar refractivity (Wildman–Crippen MR) is 301 cm³/mol. The molecule has 398 valence electrons. The smallest absolute Gasteiger partial charge is 0.240 e. The number of fused-ring (bicyclic) bond motifs is 8. The number of aromatic nitrogens is 4. The van der Waals surface area contributed by atoms with Crippen LogP contribution in [0.15, 0.2) is 117 Å². The van der Waals surface area contributed by atoms with Crippen molar-refractivity contribution in [2.75, 3.05) is 26.2 Å². The van der Waals surface area contributed by atoms with Crippen LogP contribution in [0.25, 0.3) is 66.6 Å². The summed E-state index contributed by atoms with van der Waals surface area (Å²) >= 11 is 28.4. The van der Waals surface area contributed by atoms with E-state index in [4.69, 9.17) is 56.4 Å². The topological polar surface area (TPSA) is 242 Å². The van der Waals surface area contributed by atoms with Gasteiger partial charge in [-0.3, -0.25) is 9.97 Å². The highest BCUT2D eigenvalue weighted by atomic mass is 35.5. The van der Waals surface area contributed by atoms with Crippen molar-refractivity contribution in [1.29, 1.82) is 0 Å². The number of H-pyrrole nitrogens is 2. The van der Waals surface area contributed by atoms with Crippen LogP contribution in [-0.4, -0.2) is 79.8 Å². The molecule has 0 fully saturated rings. The van der Waals surface area contributed by atoms with Gasteiger partial charge in [0.25, 0.3) is 0 Å². The molecule has 0 atom stereocenters. The van der Waals surface area contributed by atoms with Crippen molar-refractivity contribution >= 4 is 109 Å². The molecule has 24 heteroatoms. The van der Waals surface area contributed by atoms with Crippen molar-refractivity contribution in [1.82, 2.24) is 38.8 Å². The first kappa shape index (κ1) is 55.6. The van der Waals surface area contributed by atoms with Crippen molar-refractivity contribution in [3.8, 4) is 44.5 Å². The van der Waals surface area contributed by atoms with Gasteiger partial charge in [0.15, 0.2) is 0 Å². The normalized spacial score (nSPS) is 13.4. The lowest BCUT2D eigenvalue weighted by atomic mass is 10.0. The van der Waals surface area contributed by atoms with Gasteiger partial charge >= 0.3 is 0 Å². The van der Waals surface area contributed by atoms with Gasteiger partial charge in [0, 0.05) is 113 Å². The Hall–Kier alpha value is -5.20. The second-order valence-electron chi connectivity index (χ2n) is 17.7. The fourth-order valence-electron chi connectivity index (χ4n) is 9.49. The Morgan fingerprint density at radius 2 is 0.579 bits per heavy atom. The average molecular weight is 1190 g/mol. The summed E-state index contributed by atoms with van der Waals surface area (Å²) in [6.45, 7) is 7.16. The maximum Gasteiger partial charge on any atom is 0.240 e. The minimum atomic E-state index is -4.01. The predicted octanol–water partition coefficient (Wildman–Crippen LogP) is 10.4. The van der Waals surface area contributed by atoms with Crippen LogP contribution in [0.5, 0.6) is 0 Å². The first-order chi connectivity index (χ1) is 36.1. The molecule has 2 aliphatic heterocycles. The zero-order chi connectivity index (χ0) is 54.5. The van der Waals surface area contributed by atoms with Crippen LogP contribution in [-0.2, 0) is 65.8 Å². The van der Waals surface area contributed by atoms with E-state index in [0.29, 0.717) is 89.4 Å². The second-order valence-corrected chi connectivity index (χ2v) is 26.4. The van der Waals surface area contributed by atoms with Crippen molar-refractivity contribution in [2.24, 2.45) is 0 Å². The molecule has 0 saturated heterocycles. The fraction of sp³-hybridized carbons (Fsp3) is 0.231. The molecule has 0 spiro atoms. The molecule has 5 heterocycles. The zero-order valence-electron chi connectivity index (χ0n) is 41.2. The van der Waals surface area contributed by atoms with E-state index in [1.54, 1.807) is 52.0 Å². The molecule has 3 aromatic heterocycles. The molecule has 76 heavy (non-hydrogen) atoms. The van der Waals surface area contributed by atoms with Gasteiger partial charge in [-0.05, 0) is 123 Å². The summed E-state index contributed by atoms with van der Waals surface area (Å²) in [5.41, 5.74) is 6.62. The summed E-state index contributed by atoms with van der Waals surface area (Å²) < 4.78 is 119. The number of rotatable bonds is 16. The number of halogens is 4. The van der Waals surface area contributed by atoms with E-state index in [2.05, 4.69) is 28.9 Å². The van der Waals surface area contributed by atoms with Gasteiger partial charge in [-0.1, -0.05) is 74.1 Å². The number of nitrogens with one attached hydrogen (secondary N) is 6. The highest BCUT2D eigenvalue weighted by molar-refractivity contribution is 7.90. The van der Waals surface area contributed by atoms with E-state index in [9.17, 15) is 33.7 Å².